The lowest BCUT2D eigenvalue weighted by Gasteiger charge is -2.09. The summed E-state index contributed by atoms with van der Waals surface area (Å²) in [5.41, 5.74) is 15.5. The summed E-state index contributed by atoms with van der Waals surface area (Å²) < 4.78 is 7.76. The van der Waals surface area contributed by atoms with E-state index in [0.29, 0.717) is 23.2 Å². The molecule has 4 aromatic rings. The molecule has 0 radical (unpaired) electrons. The molecule has 4 N–H and O–H groups in total. The number of fused-ring (bicyclic) bond motifs is 1. The minimum absolute atomic E-state index is 0.465. The highest BCUT2D eigenvalue weighted by molar-refractivity contribution is 6.30. The Morgan fingerprint density at radius 2 is 1.54 bits per heavy atom. The molecule has 0 spiro atoms. The molecule has 0 unspecified atom stereocenters. The number of hydrogen-bond donors (Lipinski definition) is 2. The van der Waals surface area contributed by atoms with Crippen molar-refractivity contribution in [3.63, 3.8) is 0 Å². The van der Waals surface area contributed by atoms with Crippen LogP contribution in [-0.2, 0) is 6.54 Å². The molecule has 0 amide bonds. The average Bonchev–Trinajstić information content (AvgIpc) is 2.94. The molecule has 0 aliphatic heterocycles. The van der Waals surface area contributed by atoms with E-state index < -0.39 is 0 Å². The van der Waals surface area contributed by atoms with Gasteiger partial charge in [-0.15, -0.1) is 0 Å². The summed E-state index contributed by atoms with van der Waals surface area (Å²) in [6.07, 6.45) is 0. The standard InChI is InChI=1S/C20H17ClN4O/c21-14-3-8-17(9-4-14)26-16-6-1-13(2-7-16)12-25-19-11-15(22)5-10-18(19)24-20(25)23/h1-11H,12,22H2,(H2,23,24). The van der Waals surface area contributed by atoms with E-state index in [4.69, 9.17) is 27.8 Å². The van der Waals surface area contributed by atoms with E-state index in [-0.39, 0.29) is 0 Å². The fourth-order valence-electron chi connectivity index (χ4n) is 2.81. The number of nitrogens with two attached hydrogens (primary N) is 2. The number of imidazole rings is 1. The van der Waals surface area contributed by atoms with Gasteiger partial charge in [0.05, 0.1) is 17.6 Å². The van der Waals surface area contributed by atoms with Gasteiger partial charge in [-0.05, 0) is 60.2 Å². The molecule has 4 rings (SSSR count). The largest absolute Gasteiger partial charge is 0.457 e. The van der Waals surface area contributed by atoms with Crippen molar-refractivity contribution in [2.24, 2.45) is 0 Å². The molecule has 1 heterocycles. The molecule has 130 valence electrons. The van der Waals surface area contributed by atoms with Crippen molar-refractivity contribution < 1.29 is 4.74 Å². The van der Waals surface area contributed by atoms with Crippen LogP contribution in [0.5, 0.6) is 11.5 Å². The van der Waals surface area contributed by atoms with Crippen molar-refractivity contribution in [3.8, 4) is 11.5 Å². The van der Waals surface area contributed by atoms with Gasteiger partial charge < -0.3 is 20.8 Å². The molecule has 0 saturated carbocycles. The van der Waals surface area contributed by atoms with Crippen LogP contribution in [0.15, 0.2) is 66.7 Å². The number of benzene rings is 3. The highest BCUT2D eigenvalue weighted by atomic mass is 35.5. The molecular weight excluding hydrogens is 348 g/mol. The SMILES string of the molecule is Nc1ccc2nc(N)n(Cc3ccc(Oc4ccc(Cl)cc4)cc3)c2c1. The van der Waals surface area contributed by atoms with E-state index >= 15 is 0 Å². The molecule has 5 nitrogen and oxygen atoms in total. The molecule has 1 aromatic heterocycles. The summed E-state index contributed by atoms with van der Waals surface area (Å²) in [6, 6.07) is 20.7. The first-order valence-electron chi connectivity index (χ1n) is 8.12. The van der Waals surface area contributed by atoms with Crippen LogP contribution >= 0.6 is 11.6 Å². The summed E-state index contributed by atoms with van der Waals surface area (Å²) in [4.78, 5) is 4.38. The Morgan fingerprint density at radius 1 is 0.885 bits per heavy atom. The van der Waals surface area contributed by atoms with Crippen molar-refractivity contribution in [3.05, 3.63) is 77.3 Å². The summed E-state index contributed by atoms with van der Waals surface area (Å²) in [5, 5.41) is 0.679. The minimum Gasteiger partial charge on any atom is -0.457 e. The Hall–Kier alpha value is -3.18. The molecule has 0 atom stereocenters. The van der Waals surface area contributed by atoms with Crippen molar-refractivity contribution in [2.45, 2.75) is 6.54 Å². The third-order valence-corrected chi connectivity index (χ3v) is 4.37. The second-order valence-corrected chi connectivity index (χ2v) is 6.44. The van der Waals surface area contributed by atoms with Crippen LogP contribution in [-0.4, -0.2) is 9.55 Å². The van der Waals surface area contributed by atoms with Gasteiger partial charge in [0.25, 0.3) is 0 Å². The number of halogens is 1. The van der Waals surface area contributed by atoms with Gasteiger partial charge in [0.2, 0.25) is 5.95 Å². The Kier molecular flexibility index (Phi) is 4.14. The number of nitrogens with zero attached hydrogens (tertiary/aromatic N) is 2. The van der Waals surface area contributed by atoms with Crippen molar-refractivity contribution in [1.29, 1.82) is 0 Å². The number of anilines is 2. The summed E-state index contributed by atoms with van der Waals surface area (Å²) in [6.45, 7) is 0.604. The molecule has 0 bridgehead atoms. The van der Waals surface area contributed by atoms with E-state index in [1.165, 1.54) is 0 Å². The first kappa shape index (κ1) is 16.3. The zero-order chi connectivity index (χ0) is 18.1. The van der Waals surface area contributed by atoms with Crippen molar-refractivity contribution >= 4 is 34.3 Å². The third-order valence-electron chi connectivity index (χ3n) is 4.12. The zero-order valence-corrected chi connectivity index (χ0v) is 14.6. The lowest BCUT2D eigenvalue weighted by molar-refractivity contribution is 0.482. The molecule has 0 saturated heterocycles. The quantitative estimate of drug-likeness (QED) is 0.514. The van der Waals surface area contributed by atoms with E-state index in [1.54, 1.807) is 12.1 Å². The second kappa shape index (κ2) is 6.61. The van der Waals surface area contributed by atoms with E-state index in [9.17, 15) is 0 Å². The predicted octanol–water partition coefficient (Wildman–Crippen LogP) is 4.69. The second-order valence-electron chi connectivity index (χ2n) is 6.00. The van der Waals surface area contributed by atoms with Gasteiger partial charge in [-0.3, -0.25) is 0 Å². The van der Waals surface area contributed by atoms with E-state index in [0.717, 1.165) is 28.1 Å². The smallest absolute Gasteiger partial charge is 0.201 e. The number of ether oxygens (including phenoxy) is 1. The van der Waals surface area contributed by atoms with Gasteiger partial charge >= 0.3 is 0 Å². The third kappa shape index (κ3) is 3.30. The fourth-order valence-corrected chi connectivity index (χ4v) is 2.93. The maximum absolute atomic E-state index is 6.07. The highest BCUT2D eigenvalue weighted by Gasteiger charge is 2.09. The van der Waals surface area contributed by atoms with Crippen LogP contribution in [0.4, 0.5) is 11.6 Å². The van der Waals surface area contributed by atoms with Crippen molar-refractivity contribution in [1.82, 2.24) is 9.55 Å². The van der Waals surface area contributed by atoms with E-state index in [2.05, 4.69) is 4.98 Å². The van der Waals surface area contributed by atoms with Gasteiger partial charge in [-0.25, -0.2) is 4.98 Å². The summed E-state index contributed by atoms with van der Waals surface area (Å²) in [7, 11) is 0. The maximum Gasteiger partial charge on any atom is 0.201 e. The number of nitrogen functional groups attached to an aromatic ring is 2. The van der Waals surface area contributed by atoms with Gasteiger partial charge in [0.15, 0.2) is 0 Å². The first-order chi connectivity index (χ1) is 12.6. The van der Waals surface area contributed by atoms with Crippen LogP contribution in [0, 0.1) is 0 Å². The van der Waals surface area contributed by atoms with Crippen LogP contribution in [0.25, 0.3) is 11.0 Å². The zero-order valence-electron chi connectivity index (χ0n) is 13.9. The molecule has 26 heavy (non-hydrogen) atoms. The van der Waals surface area contributed by atoms with Gasteiger partial charge in [0.1, 0.15) is 11.5 Å². The fraction of sp³-hybridized carbons (Fsp3) is 0.0500. The summed E-state index contributed by atoms with van der Waals surface area (Å²) >= 11 is 5.89. The highest BCUT2D eigenvalue weighted by Crippen LogP contribution is 2.25. The Labute approximate surface area is 155 Å². The van der Waals surface area contributed by atoms with Gasteiger partial charge in [-0.1, -0.05) is 23.7 Å². The molecule has 0 aliphatic rings. The number of rotatable bonds is 4. The number of aromatic nitrogens is 2. The van der Waals surface area contributed by atoms with Crippen LogP contribution < -0.4 is 16.2 Å². The van der Waals surface area contributed by atoms with E-state index in [1.807, 2.05) is 59.2 Å². The molecule has 6 heteroatoms. The monoisotopic (exact) mass is 364 g/mol. The minimum atomic E-state index is 0.465. The Bertz CT molecular complexity index is 1060. The normalized spacial score (nSPS) is 11.0. The topological polar surface area (TPSA) is 79.1 Å². The van der Waals surface area contributed by atoms with Crippen LogP contribution in [0.3, 0.4) is 0 Å². The molecule has 0 aliphatic carbocycles. The maximum atomic E-state index is 6.07. The molecule has 0 fully saturated rings. The predicted molar refractivity (Wildman–Crippen MR) is 106 cm³/mol. The number of hydrogen-bond acceptors (Lipinski definition) is 4. The van der Waals surface area contributed by atoms with Crippen LogP contribution in [0.2, 0.25) is 5.02 Å². The Morgan fingerprint density at radius 3 is 2.23 bits per heavy atom. The van der Waals surface area contributed by atoms with Gasteiger partial charge in [0, 0.05) is 10.7 Å². The molecule has 3 aromatic carbocycles. The average molecular weight is 365 g/mol. The first-order valence-corrected chi connectivity index (χ1v) is 8.50. The lowest BCUT2D eigenvalue weighted by atomic mass is 10.2. The lowest BCUT2D eigenvalue weighted by Crippen LogP contribution is -2.04. The Balaban J connectivity index is 1.55. The molecular formula is C20H17ClN4O. The van der Waals surface area contributed by atoms with Crippen LogP contribution in [0.1, 0.15) is 5.56 Å². The van der Waals surface area contributed by atoms with Gasteiger partial charge in [-0.2, -0.15) is 0 Å². The summed E-state index contributed by atoms with van der Waals surface area (Å²) in [5.74, 6) is 1.96. The van der Waals surface area contributed by atoms with Crippen molar-refractivity contribution in [2.75, 3.05) is 11.5 Å².